The van der Waals surface area contributed by atoms with Crippen molar-refractivity contribution in [3.8, 4) is 0 Å². The molecule has 0 saturated heterocycles. The van der Waals surface area contributed by atoms with Crippen molar-refractivity contribution in [2.75, 3.05) is 5.75 Å². The Morgan fingerprint density at radius 2 is 1.80 bits per heavy atom. The van der Waals surface area contributed by atoms with Crippen LogP contribution in [0.25, 0.3) is 4.91 Å². The quantitative estimate of drug-likeness (QED) is 0.715. The van der Waals surface area contributed by atoms with Crippen LogP contribution in [0.2, 0.25) is 0 Å². The summed E-state index contributed by atoms with van der Waals surface area (Å²) in [6.07, 6.45) is 1.44. The van der Waals surface area contributed by atoms with Gasteiger partial charge in [-0.05, 0) is 11.3 Å². The van der Waals surface area contributed by atoms with Crippen LogP contribution in [-0.4, -0.2) is 17.3 Å². The molecule has 0 saturated carbocycles. The van der Waals surface area contributed by atoms with Gasteiger partial charge < -0.3 is 0 Å². The van der Waals surface area contributed by atoms with E-state index in [9.17, 15) is 9.59 Å². The van der Waals surface area contributed by atoms with Gasteiger partial charge in [0.15, 0.2) is 0 Å². The van der Waals surface area contributed by atoms with E-state index in [1.54, 1.807) is 23.9 Å². The number of hydrogen-bond acceptors (Lipinski definition) is 3. The van der Waals surface area contributed by atoms with Gasteiger partial charge in [0, 0.05) is 16.5 Å². The first kappa shape index (κ1) is 10.2. The monoisotopic (exact) mass is 218 g/mol. The summed E-state index contributed by atoms with van der Waals surface area (Å²) in [4.78, 5) is 23.9. The Bertz CT molecular complexity index is 460. The molecule has 0 amide bonds. The summed E-state index contributed by atoms with van der Waals surface area (Å²) in [5, 5.41) is 0. The number of rotatable bonds is 2. The number of fused-ring (bicyclic) bond motifs is 1. The zero-order valence-corrected chi connectivity index (χ0v) is 9.14. The number of hydrogen-bond donors (Lipinski definition) is 0. The minimum Gasteiger partial charge on any atom is -0.286 e. The lowest BCUT2D eigenvalue weighted by atomic mass is 9.95. The molecule has 1 aromatic carbocycles. The highest BCUT2D eigenvalue weighted by Gasteiger charge is 2.24. The Kier molecular flexibility index (Phi) is 2.73. The van der Waals surface area contributed by atoms with Crippen LogP contribution in [0.4, 0.5) is 0 Å². The Hall–Kier alpha value is -1.35. The molecule has 0 unspecified atom stereocenters. The molecule has 0 bridgehead atoms. The van der Waals surface area contributed by atoms with Gasteiger partial charge in [-0.25, -0.2) is 0 Å². The maximum absolute atomic E-state index is 11.6. The average molecular weight is 218 g/mol. The highest BCUT2D eigenvalue weighted by atomic mass is 32.2. The third kappa shape index (κ3) is 1.75. The molecule has 1 aliphatic rings. The third-order valence-corrected chi connectivity index (χ3v) is 3.16. The lowest BCUT2D eigenvalue weighted by molar-refractivity contribution is -0.110. The number of benzene rings is 1. The largest absolute Gasteiger partial charge is 0.286 e. The van der Waals surface area contributed by atoms with E-state index in [0.29, 0.717) is 5.56 Å². The van der Waals surface area contributed by atoms with Gasteiger partial charge in [-0.15, -0.1) is 11.8 Å². The van der Waals surface area contributed by atoms with Gasteiger partial charge in [-0.3, -0.25) is 9.59 Å². The van der Waals surface area contributed by atoms with E-state index in [1.165, 1.54) is 6.08 Å². The molecule has 1 aromatic rings. The molecule has 0 heterocycles. The number of thioether (sulfide) groups is 1. The van der Waals surface area contributed by atoms with E-state index in [2.05, 4.69) is 0 Å². The number of carbonyl (C=O) groups excluding carboxylic acids is 2. The van der Waals surface area contributed by atoms with E-state index in [-0.39, 0.29) is 0 Å². The van der Waals surface area contributed by atoms with E-state index < -0.39 is 11.6 Å². The summed E-state index contributed by atoms with van der Waals surface area (Å²) in [6.45, 7) is 2.02. The first-order valence-corrected chi connectivity index (χ1v) is 5.75. The van der Waals surface area contributed by atoms with Gasteiger partial charge >= 0.3 is 0 Å². The Morgan fingerprint density at radius 1 is 1.13 bits per heavy atom. The molecule has 0 aliphatic heterocycles. The average Bonchev–Trinajstić information content (AvgIpc) is 2.26. The van der Waals surface area contributed by atoms with Crippen LogP contribution in [0.5, 0.6) is 0 Å². The topological polar surface area (TPSA) is 34.1 Å². The highest BCUT2D eigenvalue weighted by Crippen LogP contribution is 2.33. The number of Topliss-reactive ketones (excluding diaryl/α,β-unsaturated/α-hetero) is 1. The molecule has 0 atom stereocenters. The fourth-order valence-electron chi connectivity index (χ4n) is 1.57. The van der Waals surface area contributed by atoms with Gasteiger partial charge in [-0.1, -0.05) is 31.2 Å². The number of ketones is 2. The highest BCUT2D eigenvalue weighted by molar-refractivity contribution is 8.08. The van der Waals surface area contributed by atoms with Crippen molar-refractivity contribution < 1.29 is 9.59 Å². The molecule has 2 rings (SSSR count). The second kappa shape index (κ2) is 4.03. The minimum atomic E-state index is -0.412. The van der Waals surface area contributed by atoms with Crippen molar-refractivity contribution in [1.82, 2.24) is 0 Å². The van der Waals surface area contributed by atoms with E-state index >= 15 is 0 Å². The Labute approximate surface area is 92.4 Å². The summed E-state index contributed by atoms with van der Waals surface area (Å²) in [7, 11) is 0. The molecule has 2 nitrogen and oxygen atoms in total. The summed E-state index contributed by atoms with van der Waals surface area (Å²) < 4.78 is 0. The standard InChI is InChI=1S/C12H10O2S/c1-2-15-11-7-10(13)12(14)9-6-4-3-5-8(9)11/h3-7H,2H2,1H3. The van der Waals surface area contributed by atoms with Crippen molar-refractivity contribution in [2.45, 2.75) is 6.92 Å². The minimum absolute atomic E-state index is 0.397. The molecular formula is C12H10O2S. The second-order valence-corrected chi connectivity index (χ2v) is 4.49. The molecule has 0 aromatic heterocycles. The van der Waals surface area contributed by atoms with Crippen LogP contribution in [0.1, 0.15) is 22.8 Å². The molecular weight excluding hydrogens is 208 g/mol. The van der Waals surface area contributed by atoms with Gasteiger partial charge in [0.2, 0.25) is 11.6 Å². The summed E-state index contributed by atoms with van der Waals surface area (Å²) in [6, 6.07) is 7.25. The lowest BCUT2D eigenvalue weighted by Gasteiger charge is -2.14. The van der Waals surface area contributed by atoms with Crippen molar-refractivity contribution in [3.05, 3.63) is 41.5 Å². The van der Waals surface area contributed by atoms with Crippen molar-refractivity contribution in [1.29, 1.82) is 0 Å². The maximum atomic E-state index is 11.6. The summed E-state index contributed by atoms with van der Waals surface area (Å²) >= 11 is 1.59. The lowest BCUT2D eigenvalue weighted by Crippen LogP contribution is -2.17. The molecule has 1 aliphatic carbocycles. The normalized spacial score (nSPS) is 14.9. The van der Waals surface area contributed by atoms with Crippen molar-refractivity contribution in [3.63, 3.8) is 0 Å². The molecule has 0 radical (unpaired) electrons. The first-order chi connectivity index (χ1) is 7.24. The van der Waals surface area contributed by atoms with Crippen LogP contribution in [-0.2, 0) is 4.79 Å². The van der Waals surface area contributed by atoms with E-state index in [0.717, 1.165) is 16.2 Å². The molecule has 3 heteroatoms. The van der Waals surface area contributed by atoms with Gasteiger partial charge in [0.05, 0.1) is 0 Å². The number of carbonyl (C=O) groups is 2. The number of allylic oxidation sites excluding steroid dienone is 1. The molecule has 15 heavy (non-hydrogen) atoms. The Morgan fingerprint density at radius 3 is 2.47 bits per heavy atom. The van der Waals surface area contributed by atoms with Crippen molar-refractivity contribution in [2.24, 2.45) is 0 Å². The molecule has 76 valence electrons. The Balaban J connectivity index is 2.55. The van der Waals surface area contributed by atoms with Gasteiger partial charge in [-0.2, -0.15) is 0 Å². The van der Waals surface area contributed by atoms with Crippen LogP contribution in [0.15, 0.2) is 30.3 Å². The first-order valence-electron chi connectivity index (χ1n) is 4.76. The molecule has 0 N–H and O–H groups in total. The summed E-state index contributed by atoms with van der Waals surface area (Å²) in [5.41, 5.74) is 1.41. The van der Waals surface area contributed by atoms with Crippen molar-refractivity contribution >= 4 is 28.2 Å². The van der Waals surface area contributed by atoms with E-state index in [1.807, 2.05) is 19.1 Å². The molecule has 0 fully saturated rings. The second-order valence-electron chi connectivity index (χ2n) is 3.18. The van der Waals surface area contributed by atoms with E-state index in [4.69, 9.17) is 0 Å². The van der Waals surface area contributed by atoms with Crippen LogP contribution >= 0.6 is 11.8 Å². The SMILES string of the molecule is CCSC1=CC(=O)C(=O)c2ccccc21. The van der Waals surface area contributed by atoms with Gasteiger partial charge in [0.25, 0.3) is 0 Å². The smallest absolute Gasteiger partial charge is 0.233 e. The van der Waals surface area contributed by atoms with Crippen LogP contribution < -0.4 is 0 Å². The molecule has 0 spiro atoms. The zero-order valence-electron chi connectivity index (χ0n) is 8.32. The fraction of sp³-hybridized carbons (Fsp3) is 0.167. The maximum Gasteiger partial charge on any atom is 0.233 e. The summed E-state index contributed by atoms with van der Waals surface area (Å²) in [5.74, 6) is 0.0810. The fourth-order valence-corrected chi connectivity index (χ4v) is 2.40. The predicted octanol–water partition coefficient (Wildman–Crippen LogP) is 2.55. The van der Waals surface area contributed by atoms with Gasteiger partial charge in [0.1, 0.15) is 0 Å². The van der Waals surface area contributed by atoms with Crippen LogP contribution in [0, 0.1) is 0 Å². The predicted molar refractivity (Wildman–Crippen MR) is 61.9 cm³/mol. The third-order valence-electron chi connectivity index (χ3n) is 2.22. The van der Waals surface area contributed by atoms with Crippen LogP contribution in [0.3, 0.4) is 0 Å². The zero-order chi connectivity index (χ0) is 10.8.